The third-order valence-corrected chi connectivity index (χ3v) is 4.65. The van der Waals surface area contributed by atoms with Gasteiger partial charge in [-0.15, -0.1) is 0 Å². The summed E-state index contributed by atoms with van der Waals surface area (Å²) >= 11 is 0. The van der Waals surface area contributed by atoms with Crippen molar-refractivity contribution in [3.63, 3.8) is 0 Å². The molecule has 0 radical (unpaired) electrons. The van der Waals surface area contributed by atoms with Crippen molar-refractivity contribution >= 4 is 17.7 Å². The predicted molar refractivity (Wildman–Crippen MR) is 121 cm³/mol. The van der Waals surface area contributed by atoms with Crippen LogP contribution in [-0.2, 0) is 11.2 Å². The van der Waals surface area contributed by atoms with E-state index in [2.05, 4.69) is 9.97 Å². The van der Waals surface area contributed by atoms with Gasteiger partial charge >= 0.3 is 5.97 Å². The van der Waals surface area contributed by atoms with Crippen molar-refractivity contribution in [3.05, 3.63) is 54.1 Å². The summed E-state index contributed by atoms with van der Waals surface area (Å²) in [6, 6.07) is 14.7. The molecule has 5 N–H and O–H groups in total. The average molecular weight is 438 g/mol. The Labute approximate surface area is 186 Å². The highest BCUT2D eigenvalue weighted by Crippen LogP contribution is 2.34. The summed E-state index contributed by atoms with van der Waals surface area (Å²) in [4.78, 5) is 19.1. The first-order valence-corrected chi connectivity index (χ1v) is 10.1. The molecular formula is C23H26N4O5. The maximum atomic E-state index is 10.8. The molecule has 0 spiro atoms. The third-order valence-electron chi connectivity index (χ3n) is 4.65. The Balaban J connectivity index is 1.61. The molecule has 3 aromatic rings. The van der Waals surface area contributed by atoms with Gasteiger partial charge in [0.2, 0.25) is 5.95 Å². The number of ether oxygens (including phenoxy) is 3. The van der Waals surface area contributed by atoms with Gasteiger partial charge in [0.15, 0.2) is 11.6 Å². The lowest BCUT2D eigenvalue weighted by molar-refractivity contribution is -0.136. The van der Waals surface area contributed by atoms with E-state index in [1.54, 1.807) is 7.11 Å². The maximum Gasteiger partial charge on any atom is 0.303 e. The van der Waals surface area contributed by atoms with Crippen molar-refractivity contribution in [2.75, 3.05) is 31.8 Å². The highest BCUT2D eigenvalue weighted by molar-refractivity contribution is 5.73. The minimum atomic E-state index is -0.843. The third kappa shape index (κ3) is 6.00. The van der Waals surface area contributed by atoms with E-state index in [-0.39, 0.29) is 18.2 Å². The number of rotatable bonds is 11. The van der Waals surface area contributed by atoms with Gasteiger partial charge in [-0.2, -0.15) is 4.98 Å². The van der Waals surface area contributed by atoms with E-state index >= 15 is 0 Å². The fourth-order valence-corrected chi connectivity index (χ4v) is 3.08. The largest absolute Gasteiger partial charge is 0.497 e. The lowest BCUT2D eigenvalue weighted by atomic mass is 10.1. The molecule has 1 aromatic heterocycles. The van der Waals surface area contributed by atoms with Gasteiger partial charge in [-0.25, -0.2) is 4.98 Å². The molecule has 1 heterocycles. The van der Waals surface area contributed by atoms with Gasteiger partial charge in [-0.05, 0) is 42.3 Å². The van der Waals surface area contributed by atoms with Crippen LogP contribution in [0.2, 0.25) is 0 Å². The maximum absolute atomic E-state index is 10.8. The molecule has 0 aliphatic carbocycles. The van der Waals surface area contributed by atoms with Crippen LogP contribution < -0.4 is 25.7 Å². The van der Waals surface area contributed by atoms with Crippen molar-refractivity contribution < 1.29 is 24.1 Å². The number of anilines is 2. The van der Waals surface area contributed by atoms with Gasteiger partial charge in [0, 0.05) is 18.4 Å². The number of methoxy groups -OCH3 is 1. The molecule has 0 saturated carbocycles. The van der Waals surface area contributed by atoms with Gasteiger partial charge < -0.3 is 30.8 Å². The number of aromatic nitrogens is 2. The molecular weight excluding hydrogens is 412 g/mol. The average Bonchev–Trinajstić information content (AvgIpc) is 2.79. The molecule has 2 aromatic carbocycles. The SMILES string of the molecule is COc1ccc(-c2nc(N)nc(N)c2OCCCOc2ccccc2CCC(=O)O)cc1. The van der Waals surface area contributed by atoms with Crippen molar-refractivity contribution in [2.45, 2.75) is 19.3 Å². The zero-order valence-corrected chi connectivity index (χ0v) is 17.8. The van der Waals surface area contributed by atoms with Crippen LogP contribution in [0, 0.1) is 0 Å². The van der Waals surface area contributed by atoms with Gasteiger partial charge in [0.05, 0.1) is 20.3 Å². The monoisotopic (exact) mass is 438 g/mol. The summed E-state index contributed by atoms with van der Waals surface area (Å²) < 4.78 is 16.9. The number of nitrogens with zero attached hydrogens (tertiary/aromatic N) is 2. The first-order chi connectivity index (χ1) is 15.5. The number of nitrogens with two attached hydrogens (primary N) is 2. The molecule has 0 saturated heterocycles. The van der Waals surface area contributed by atoms with E-state index in [9.17, 15) is 4.79 Å². The van der Waals surface area contributed by atoms with Crippen LogP contribution in [0.1, 0.15) is 18.4 Å². The Hall–Kier alpha value is -4.01. The number of benzene rings is 2. The van der Waals surface area contributed by atoms with E-state index in [1.165, 1.54) is 0 Å². The highest BCUT2D eigenvalue weighted by atomic mass is 16.5. The second-order valence-corrected chi connectivity index (χ2v) is 6.93. The molecule has 9 nitrogen and oxygen atoms in total. The van der Waals surface area contributed by atoms with Gasteiger partial charge in [0.25, 0.3) is 0 Å². The molecule has 0 unspecified atom stereocenters. The number of nitrogen functional groups attached to an aromatic ring is 2. The van der Waals surface area contributed by atoms with E-state index in [1.807, 2.05) is 48.5 Å². The van der Waals surface area contributed by atoms with Crippen LogP contribution in [0.25, 0.3) is 11.3 Å². The number of aliphatic carboxylic acids is 1. The lowest BCUT2D eigenvalue weighted by Crippen LogP contribution is -2.10. The Bertz CT molecular complexity index is 1060. The normalized spacial score (nSPS) is 10.5. The number of hydrogen-bond donors (Lipinski definition) is 3. The number of hydrogen-bond acceptors (Lipinski definition) is 8. The summed E-state index contributed by atoms with van der Waals surface area (Å²) in [6.07, 6.45) is 1.03. The van der Waals surface area contributed by atoms with Crippen LogP contribution in [0.3, 0.4) is 0 Å². The molecule has 168 valence electrons. The molecule has 9 heteroatoms. The number of aryl methyl sites for hydroxylation is 1. The highest BCUT2D eigenvalue weighted by Gasteiger charge is 2.15. The Morgan fingerprint density at radius 2 is 1.72 bits per heavy atom. The van der Waals surface area contributed by atoms with E-state index < -0.39 is 5.97 Å². The fraction of sp³-hybridized carbons (Fsp3) is 0.261. The molecule has 0 fully saturated rings. The van der Waals surface area contributed by atoms with Crippen LogP contribution in [0.15, 0.2) is 48.5 Å². The lowest BCUT2D eigenvalue weighted by Gasteiger charge is -2.14. The molecule has 3 rings (SSSR count). The standard InChI is InChI=1S/C23H26N4O5/c1-30-17-10-7-16(8-11-17)20-21(22(24)27-23(25)26-20)32-14-4-13-31-18-6-3-2-5-15(18)9-12-19(28)29/h2-3,5-8,10-11H,4,9,12-14H2,1H3,(H,28,29)(H4,24,25,26,27). The van der Waals surface area contributed by atoms with E-state index in [0.717, 1.165) is 11.1 Å². The summed E-state index contributed by atoms with van der Waals surface area (Å²) in [5, 5.41) is 8.90. The molecule has 0 aliphatic rings. The molecule has 0 bridgehead atoms. The second-order valence-electron chi connectivity index (χ2n) is 6.93. The summed E-state index contributed by atoms with van der Waals surface area (Å²) in [6.45, 7) is 0.704. The van der Waals surface area contributed by atoms with Crippen molar-refractivity contribution in [1.82, 2.24) is 9.97 Å². The zero-order chi connectivity index (χ0) is 22.9. The number of para-hydroxylation sites is 1. The summed E-state index contributed by atoms with van der Waals surface area (Å²) in [5.41, 5.74) is 13.9. The summed E-state index contributed by atoms with van der Waals surface area (Å²) in [5.74, 6) is 1.11. The fourth-order valence-electron chi connectivity index (χ4n) is 3.08. The van der Waals surface area contributed by atoms with Gasteiger partial charge in [-0.1, -0.05) is 18.2 Å². The molecule has 32 heavy (non-hydrogen) atoms. The quantitative estimate of drug-likeness (QED) is 0.385. The second kappa shape index (κ2) is 10.9. The Morgan fingerprint density at radius 1 is 1.00 bits per heavy atom. The van der Waals surface area contributed by atoms with Crippen LogP contribution in [-0.4, -0.2) is 41.4 Å². The Kier molecular flexibility index (Phi) is 7.69. The van der Waals surface area contributed by atoms with Crippen LogP contribution >= 0.6 is 0 Å². The van der Waals surface area contributed by atoms with Crippen molar-refractivity contribution in [1.29, 1.82) is 0 Å². The van der Waals surface area contributed by atoms with Gasteiger partial charge in [-0.3, -0.25) is 4.79 Å². The number of carboxylic acid groups (broad SMARTS) is 1. The topological polar surface area (TPSA) is 143 Å². The summed E-state index contributed by atoms with van der Waals surface area (Å²) in [7, 11) is 1.59. The predicted octanol–water partition coefficient (Wildman–Crippen LogP) is 3.18. The van der Waals surface area contributed by atoms with Gasteiger partial charge in [0.1, 0.15) is 17.2 Å². The van der Waals surface area contributed by atoms with Crippen LogP contribution in [0.5, 0.6) is 17.2 Å². The van der Waals surface area contributed by atoms with Crippen molar-refractivity contribution in [2.24, 2.45) is 0 Å². The first kappa shape index (κ1) is 22.7. The minimum absolute atomic E-state index is 0.0496. The molecule has 0 amide bonds. The van der Waals surface area contributed by atoms with Crippen LogP contribution in [0.4, 0.5) is 11.8 Å². The minimum Gasteiger partial charge on any atom is -0.497 e. The molecule has 0 aliphatic heterocycles. The number of carbonyl (C=O) groups is 1. The number of carboxylic acids is 1. The van der Waals surface area contributed by atoms with E-state index in [0.29, 0.717) is 49.0 Å². The smallest absolute Gasteiger partial charge is 0.303 e. The van der Waals surface area contributed by atoms with Crippen molar-refractivity contribution in [3.8, 4) is 28.5 Å². The Morgan fingerprint density at radius 3 is 2.44 bits per heavy atom. The van der Waals surface area contributed by atoms with E-state index in [4.69, 9.17) is 30.8 Å². The zero-order valence-electron chi connectivity index (χ0n) is 17.8. The first-order valence-electron chi connectivity index (χ1n) is 10.1. The molecule has 0 atom stereocenters.